The average molecular weight is 171 g/mol. The molecule has 0 aliphatic rings. The molecule has 62 valence electrons. The van der Waals surface area contributed by atoms with Gasteiger partial charge >= 0.3 is 10.4 Å². The normalized spacial score (nSPS) is 15.1. The molecular weight excluding hydrogens is 162 g/mol. The first-order valence-corrected chi connectivity index (χ1v) is 3.82. The molecule has 0 bridgehead atoms. The summed E-state index contributed by atoms with van der Waals surface area (Å²) in [7, 11) is -4.44. The summed E-state index contributed by atoms with van der Waals surface area (Å²) < 4.78 is 31.4. The van der Waals surface area contributed by atoms with Crippen LogP contribution in [-0.4, -0.2) is 37.3 Å². The number of aliphatic hydroxyl groups is 1. The van der Waals surface area contributed by atoms with Gasteiger partial charge in [0.2, 0.25) is 0 Å². The Morgan fingerprint density at radius 1 is 1.60 bits per heavy atom. The van der Waals surface area contributed by atoms with Crippen LogP contribution in [-0.2, 0) is 14.6 Å². The van der Waals surface area contributed by atoms with Gasteiger partial charge < -0.3 is 10.8 Å². The zero-order valence-corrected chi connectivity index (χ0v) is 5.91. The van der Waals surface area contributed by atoms with E-state index in [4.69, 9.17) is 15.4 Å². The monoisotopic (exact) mass is 171 g/mol. The van der Waals surface area contributed by atoms with Crippen LogP contribution in [0.15, 0.2) is 0 Å². The third-order valence-electron chi connectivity index (χ3n) is 0.681. The number of rotatable bonds is 4. The molecule has 0 aromatic carbocycles. The lowest BCUT2D eigenvalue weighted by atomic mass is 10.4. The molecule has 0 rings (SSSR count). The second kappa shape index (κ2) is 3.84. The van der Waals surface area contributed by atoms with Crippen molar-refractivity contribution >= 4 is 10.4 Å². The summed E-state index contributed by atoms with van der Waals surface area (Å²) in [4.78, 5) is 0. The minimum atomic E-state index is -4.44. The molecule has 0 saturated carbocycles. The maximum atomic E-state index is 9.83. The Balaban J connectivity index is 3.56. The molecule has 6 nitrogen and oxygen atoms in total. The molecule has 0 amide bonds. The Morgan fingerprint density at radius 2 is 2.10 bits per heavy atom. The topological polar surface area (TPSA) is 110 Å². The van der Waals surface area contributed by atoms with Gasteiger partial charge in [0.15, 0.2) is 0 Å². The lowest BCUT2D eigenvalue weighted by Gasteiger charge is -2.04. The Labute approximate surface area is 58.6 Å². The van der Waals surface area contributed by atoms with Crippen LogP contribution in [0.25, 0.3) is 0 Å². The third-order valence-corrected chi connectivity index (χ3v) is 1.12. The van der Waals surface area contributed by atoms with Crippen molar-refractivity contribution in [1.82, 2.24) is 0 Å². The fourth-order valence-corrected chi connectivity index (χ4v) is 0.562. The van der Waals surface area contributed by atoms with Gasteiger partial charge in [0, 0.05) is 6.54 Å². The summed E-state index contributed by atoms with van der Waals surface area (Å²) in [5.74, 6) is 0. The minimum Gasteiger partial charge on any atom is -0.389 e. The molecule has 4 N–H and O–H groups in total. The van der Waals surface area contributed by atoms with Crippen LogP contribution in [0.2, 0.25) is 0 Å². The summed E-state index contributed by atoms with van der Waals surface area (Å²) in [5, 5.41) is 8.60. The van der Waals surface area contributed by atoms with Crippen molar-refractivity contribution in [2.45, 2.75) is 6.10 Å². The summed E-state index contributed by atoms with van der Waals surface area (Å²) in [5.41, 5.74) is 4.89. The Morgan fingerprint density at radius 3 is 2.40 bits per heavy atom. The molecular formula is C3H9NO5S. The van der Waals surface area contributed by atoms with Crippen LogP contribution in [0.4, 0.5) is 0 Å². The Bertz CT molecular complexity index is 175. The first-order chi connectivity index (χ1) is 4.45. The van der Waals surface area contributed by atoms with Gasteiger partial charge in [-0.05, 0) is 0 Å². The standard InChI is InChI=1S/C3H9NO5S/c4-1-3(5)2-9-10(6,7)8/h3,5H,1-2,4H2,(H,6,7,8). The molecule has 0 aromatic rings. The van der Waals surface area contributed by atoms with Crippen molar-refractivity contribution in [3.8, 4) is 0 Å². The lowest BCUT2D eigenvalue weighted by molar-refractivity contribution is 0.109. The van der Waals surface area contributed by atoms with Crippen molar-refractivity contribution in [2.75, 3.05) is 13.2 Å². The molecule has 0 radical (unpaired) electrons. The molecule has 0 saturated heterocycles. The summed E-state index contributed by atoms with van der Waals surface area (Å²) in [6.45, 7) is -0.634. The van der Waals surface area contributed by atoms with Gasteiger partial charge in [0.1, 0.15) is 0 Å². The van der Waals surface area contributed by atoms with Gasteiger partial charge in [-0.2, -0.15) is 8.42 Å². The van der Waals surface area contributed by atoms with Gasteiger partial charge in [0.05, 0.1) is 12.7 Å². The van der Waals surface area contributed by atoms with Crippen molar-refractivity contribution < 1.29 is 22.3 Å². The first kappa shape index (κ1) is 9.79. The number of hydrogen-bond acceptors (Lipinski definition) is 5. The van der Waals surface area contributed by atoms with E-state index in [1.54, 1.807) is 0 Å². The number of nitrogens with two attached hydrogens (primary N) is 1. The zero-order valence-electron chi connectivity index (χ0n) is 5.10. The molecule has 0 fully saturated rings. The summed E-state index contributed by atoms with van der Waals surface area (Å²) in [6.07, 6.45) is -1.07. The van der Waals surface area contributed by atoms with E-state index in [0.29, 0.717) is 0 Å². The SMILES string of the molecule is NCC(O)COS(=O)(=O)O. The third kappa shape index (κ3) is 5.92. The van der Waals surface area contributed by atoms with Gasteiger partial charge in [0.25, 0.3) is 0 Å². The highest BCUT2D eigenvalue weighted by Gasteiger charge is 2.08. The average Bonchev–Trinajstić information content (AvgIpc) is 1.81. The Kier molecular flexibility index (Phi) is 3.76. The highest BCUT2D eigenvalue weighted by atomic mass is 32.3. The maximum absolute atomic E-state index is 9.83. The van der Waals surface area contributed by atoms with E-state index < -0.39 is 23.1 Å². The predicted molar refractivity (Wildman–Crippen MR) is 32.6 cm³/mol. The molecule has 1 atom stereocenters. The van der Waals surface area contributed by atoms with Crippen LogP contribution in [0.1, 0.15) is 0 Å². The fourth-order valence-electron chi connectivity index (χ4n) is 0.233. The molecule has 0 aliphatic carbocycles. The van der Waals surface area contributed by atoms with Gasteiger partial charge in [-0.1, -0.05) is 0 Å². The molecule has 0 spiro atoms. The fraction of sp³-hybridized carbons (Fsp3) is 1.00. The van der Waals surface area contributed by atoms with Gasteiger partial charge in [-0.3, -0.25) is 4.55 Å². The van der Waals surface area contributed by atoms with Crippen LogP contribution >= 0.6 is 0 Å². The largest absolute Gasteiger partial charge is 0.397 e. The minimum absolute atomic E-state index is 0.116. The smallest absolute Gasteiger partial charge is 0.389 e. The predicted octanol–water partition coefficient (Wildman–Crippen LogP) is -1.87. The van der Waals surface area contributed by atoms with E-state index in [-0.39, 0.29) is 6.54 Å². The number of aliphatic hydroxyl groups excluding tert-OH is 1. The van der Waals surface area contributed by atoms with E-state index >= 15 is 0 Å². The molecule has 10 heavy (non-hydrogen) atoms. The highest BCUT2D eigenvalue weighted by molar-refractivity contribution is 7.80. The molecule has 0 aliphatic heterocycles. The second-order valence-corrected chi connectivity index (χ2v) is 2.69. The summed E-state index contributed by atoms with van der Waals surface area (Å²) >= 11 is 0. The second-order valence-electron chi connectivity index (χ2n) is 1.60. The van der Waals surface area contributed by atoms with Crippen LogP contribution in [0.3, 0.4) is 0 Å². The van der Waals surface area contributed by atoms with E-state index in [9.17, 15) is 8.42 Å². The van der Waals surface area contributed by atoms with Gasteiger partial charge in [-0.25, -0.2) is 4.18 Å². The highest BCUT2D eigenvalue weighted by Crippen LogP contribution is 1.88. The molecule has 7 heteroatoms. The zero-order chi connectivity index (χ0) is 8.20. The van der Waals surface area contributed by atoms with E-state index in [1.165, 1.54) is 0 Å². The lowest BCUT2D eigenvalue weighted by Crippen LogP contribution is -2.26. The van der Waals surface area contributed by atoms with Gasteiger partial charge in [-0.15, -0.1) is 0 Å². The number of hydrogen-bond donors (Lipinski definition) is 3. The van der Waals surface area contributed by atoms with Crippen LogP contribution in [0, 0.1) is 0 Å². The van der Waals surface area contributed by atoms with Crippen LogP contribution in [0.5, 0.6) is 0 Å². The molecule has 1 unspecified atom stereocenters. The Hall–Kier alpha value is -0.210. The van der Waals surface area contributed by atoms with Crippen molar-refractivity contribution in [1.29, 1.82) is 0 Å². The van der Waals surface area contributed by atoms with E-state index in [2.05, 4.69) is 4.18 Å². The quantitative estimate of drug-likeness (QED) is 0.427. The maximum Gasteiger partial charge on any atom is 0.397 e. The molecule has 0 aromatic heterocycles. The van der Waals surface area contributed by atoms with Crippen LogP contribution < -0.4 is 5.73 Å². The first-order valence-electron chi connectivity index (χ1n) is 2.45. The van der Waals surface area contributed by atoms with Crippen molar-refractivity contribution in [2.24, 2.45) is 5.73 Å². The van der Waals surface area contributed by atoms with Crippen molar-refractivity contribution in [3.63, 3.8) is 0 Å². The summed E-state index contributed by atoms with van der Waals surface area (Å²) in [6, 6.07) is 0. The van der Waals surface area contributed by atoms with E-state index in [1.807, 2.05) is 0 Å². The van der Waals surface area contributed by atoms with Crippen molar-refractivity contribution in [3.05, 3.63) is 0 Å². The van der Waals surface area contributed by atoms with E-state index in [0.717, 1.165) is 0 Å². The molecule has 0 heterocycles.